The highest BCUT2D eigenvalue weighted by Crippen LogP contribution is 2.25. The minimum absolute atomic E-state index is 0.124. The average Bonchev–Trinajstić information content (AvgIpc) is 2.80. The topological polar surface area (TPSA) is 136 Å². The van der Waals surface area contributed by atoms with Crippen LogP contribution in [0.4, 0.5) is 0 Å². The van der Waals surface area contributed by atoms with Crippen LogP contribution < -0.4 is 15.7 Å². The fourth-order valence-electron chi connectivity index (χ4n) is 1.89. The molecule has 0 spiro atoms. The van der Waals surface area contributed by atoms with E-state index in [2.05, 4.69) is 5.10 Å². The number of hydrogen-bond acceptors (Lipinski definition) is 6. The number of aromatic nitrogens is 3. The number of aromatic hydroxyl groups is 1. The highest BCUT2D eigenvalue weighted by atomic mass is 16.7. The Morgan fingerprint density at radius 3 is 2.71 bits per heavy atom. The van der Waals surface area contributed by atoms with Crippen molar-refractivity contribution >= 4 is 22.9 Å². The van der Waals surface area contributed by atoms with Gasteiger partial charge in [-0.15, -0.1) is 4.73 Å². The van der Waals surface area contributed by atoms with Gasteiger partial charge in [-0.3, -0.25) is 14.4 Å². The SMILES string of the molecule is COn1c(=O)c(C(=O)NCC(=O)O)c(O)c2cnn(C)c21. The molecular weight excluding hydrogens is 284 g/mol. The van der Waals surface area contributed by atoms with Gasteiger partial charge in [-0.05, 0) is 0 Å². The van der Waals surface area contributed by atoms with Crippen LogP contribution in [0.2, 0.25) is 0 Å². The van der Waals surface area contributed by atoms with Crippen molar-refractivity contribution in [1.29, 1.82) is 0 Å². The van der Waals surface area contributed by atoms with Crippen LogP contribution >= 0.6 is 0 Å². The van der Waals surface area contributed by atoms with E-state index >= 15 is 0 Å². The smallest absolute Gasteiger partial charge is 0.322 e. The van der Waals surface area contributed by atoms with Crippen LogP contribution in [0, 0.1) is 0 Å². The van der Waals surface area contributed by atoms with E-state index in [9.17, 15) is 19.5 Å². The zero-order valence-corrected chi connectivity index (χ0v) is 11.2. The van der Waals surface area contributed by atoms with Crippen LogP contribution in [0.1, 0.15) is 10.4 Å². The van der Waals surface area contributed by atoms with Crippen molar-refractivity contribution in [1.82, 2.24) is 19.8 Å². The van der Waals surface area contributed by atoms with Gasteiger partial charge in [0, 0.05) is 7.05 Å². The summed E-state index contributed by atoms with van der Waals surface area (Å²) in [6, 6.07) is 0. The summed E-state index contributed by atoms with van der Waals surface area (Å²) in [5, 5.41) is 24.6. The summed E-state index contributed by atoms with van der Waals surface area (Å²) in [4.78, 5) is 39.4. The largest absolute Gasteiger partial charge is 0.506 e. The molecule has 1 amide bonds. The molecule has 0 saturated carbocycles. The Hall–Kier alpha value is -3.04. The molecule has 2 heterocycles. The second-order valence-electron chi connectivity index (χ2n) is 4.09. The number of pyridine rings is 1. The van der Waals surface area contributed by atoms with Gasteiger partial charge in [0.2, 0.25) is 0 Å². The number of carboxylic acids is 1. The third-order valence-electron chi connectivity index (χ3n) is 2.80. The molecular formula is C11H12N4O6. The molecule has 0 saturated heterocycles. The fraction of sp³-hybridized carbons (Fsp3) is 0.273. The van der Waals surface area contributed by atoms with Crippen molar-refractivity contribution in [2.45, 2.75) is 0 Å². The standard InChI is InChI=1S/C11H12N4O6/c1-14-10-5(3-13-14)8(18)7(11(20)15(10)21-2)9(19)12-4-6(16)17/h3,18H,4H2,1-2H3,(H,12,19)(H,16,17). The van der Waals surface area contributed by atoms with Gasteiger partial charge >= 0.3 is 11.5 Å². The van der Waals surface area contributed by atoms with Crippen molar-refractivity contribution in [3.63, 3.8) is 0 Å². The molecule has 2 rings (SSSR count). The van der Waals surface area contributed by atoms with E-state index in [1.807, 2.05) is 5.32 Å². The molecule has 2 aromatic rings. The van der Waals surface area contributed by atoms with Crippen molar-refractivity contribution in [3.8, 4) is 5.75 Å². The molecule has 112 valence electrons. The third kappa shape index (κ3) is 2.26. The van der Waals surface area contributed by atoms with Crippen molar-refractivity contribution < 1.29 is 24.6 Å². The second-order valence-corrected chi connectivity index (χ2v) is 4.09. The summed E-state index contributed by atoms with van der Waals surface area (Å²) in [6.45, 7) is -0.685. The first-order valence-electron chi connectivity index (χ1n) is 5.72. The zero-order valence-electron chi connectivity index (χ0n) is 11.2. The van der Waals surface area contributed by atoms with Gasteiger partial charge in [0.1, 0.15) is 19.4 Å². The minimum Gasteiger partial charge on any atom is -0.506 e. The molecule has 0 bridgehead atoms. The number of carboxylic acid groups (broad SMARTS) is 1. The van der Waals surface area contributed by atoms with Gasteiger partial charge in [-0.1, -0.05) is 0 Å². The number of hydrogen-bond donors (Lipinski definition) is 3. The van der Waals surface area contributed by atoms with Gasteiger partial charge in [0.05, 0.1) is 11.6 Å². The highest BCUT2D eigenvalue weighted by Gasteiger charge is 2.25. The Bertz CT molecular complexity index is 790. The first-order chi connectivity index (χ1) is 9.88. The molecule has 2 aromatic heterocycles. The molecule has 0 aromatic carbocycles. The number of nitrogens with zero attached hydrogens (tertiary/aromatic N) is 3. The number of aryl methyl sites for hydroxylation is 1. The molecule has 0 aliphatic heterocycles. The van der Waals surface area contributed by atoms with Gasteiger partial charge in [-0.25, -0.2) is 4.68 Å². The quantitative estimate of drug-likeness (QED) is 0.612. The Kier molecular flexibility index (Phi) is 3.52. The lowest BCUT2D eigenvalue weighted by molar-refractivity contribution is -0.135. The molecule has 0 aliphatic carbocycles. The summed E-state index contributed by atoms with van der Waals surface area (Å²) in [7, 11) is 2.74. The van der Waals surface area contributed by atoms with E-state index in [-0.39, 0.29) is 11.0 Å². The van der Waals surface area contributed by atoms with E-state index in [1.165, 1.54) is 25.0 Å². The molecule has 0 unspecified atom stereocenters. The molecule has 0 aliphatic rings. The van der Waals surface area contributed by atoms with Crippen LogP contribution in [0.15, 0.2) is 11.0 Å². The Balaban J connectivity index is 2.67. The number of fused-ring (bicyclic) bond motifs is 1. The van der Waals surface area contributed by atoms with Crippen molar-refractivity contribution in [2.24, 2.45) is 7.05 Å². The maximum Gasteiger partial charge on any atom is 0.322 e. The molecule has 0 fully saturated rings. The lowest BCUT2D eigenvalue weighted by atomic mass is 10.2. The Morgan fingerprint density at radius 2 is 2.14 bits per heavy atom. The normalized spacial score (nSPS) is 10.6. The summed E-state index contributed by atoms with van der Waals surface area (Å²) >= 11 is 0. The first-order valence-corrected chi connectivity index (χ1v) is 5.72. The molecule has 0 atom stereocenters. The van der Waals surface area contributed by atoms with Crippen LogP contribution in [-0.2, 0) is 11.8 Å². The van der Waals surface area contributed by atoms with Crippen LogP contribution in [-0.4, -0.2) is 50.3 Å². The second kappa shape index (κ2) is 5.15. The number of nitrogens with one attached hydrogen (secondary N) is 1. The Labute approximate surface area is 117 Å². The summed E-state index contributed by atoms with van der Waals surface area (Å²) in [6.07, 6.45) is 1.26. The lowest BCUT2D eigenvalue weighted by Gasteiger charge is -2.11. The van der Waals surface area contributed by atoms with Crippen molar-refractivity contribution in [2.75, 3.05) is 13.7 Å². The first kappa shape index (κ1) is 14.4. The maximum absolute atomic E-state index is 12.2. The fourth-order valence-corrected chi connectivity index (χ4v) is 1.89. The number of carbonyl (C=O) groups excluding carboxylic acids is 1. The van der Waals surface area contributed by atoms with Gasteiger partial charge in [0.15, 0.2) is 11.2 Å². The number of aliphatic carboxylic acids is 1. The van der Waals surface area contributed by atoms with E-state index in [1.54, 1.807) is 0 Å². The van der Waals surface area contributed by atoms with Gasteiger partial charge in [0.25, 0.3) is 5.91 Å². The Morgan fingerprint density at radius 1 is 1.48 bits per heavy atom. The van der Waals surface area contributed by atoms with E-state index < -0.39 is 35.3 Å². The molecule has 10 heteroatoms. The number of amides is 1. The average molecular weight is 296 g/mol. The van der Waals surface area contributed by atoms with E-state index in [4.69, 9.17) is 9.94 Å². The molecule has 0 radical (unpaired) electrons. The zero-order chi connectivity index (χ0) is 15.7. The summed E-state index contributed by atoms with van der Waals surface area (Å²) in [5.41, 5.74) is -1.37. The van der Waals surface area contributed by atoms with Crippen LogP contribution in [0.25, 0.3) is 11.0 Å². The summed E-state index contributed by atoms with van der Waals surface area (Å²) in [5.74, 6) is -2.88. The van der Waals surface area contributed by atoms with Crippen molar-refractivity contribution in [3.05, 3.63) is 22.1 Å². The van der Waals surface area contributed by atoms with E-state index in [0.717, 1.165) is 4.73 Å². The van der Waals surface area contributed by atoms with Crippen LogP contribution in [0.5, 0.6) is 5.75 Å². The molecule has 21 heavy (non-hydrogen) atoms. The van der Waals surface area contributed by atoms with Gasteiger partial charge in [-0.2, -0.15) is 5.10 Å². The summed E-state index contributed by atoms with van der Waals surface area (Å²) < 4.78 is 2.08. The van der Waals surface area contributed by atoms with E-state index in [0.29, 0.717) is 0 Å². The lowest BCUT2D eigenvalue weighted by Crippen LogP contribution is -2.37. The minimum atomic E-state index is -1.28. The molecule has 10 nitrogen and oxygen atoms in total. The number of carbonyl (C=O) groups is 2. The maximum atomic E-state index is 12.2. The highest BCUT2D eigenvalue weighted by molar-refractivity contribution is 6.02. The predicted molar refractivity (Wildman–Crippen MR) is 69.1 cm³/mol. The molecule has 3 N–H and O–H groups in total. The van der Waals surface area contributed by atoms with Crippen LogP contribution in [0.3, 0.4) is 0 Å². The van der Waals surface area contributed by atoms with Gasteiger partial charge < -0.3 is 20.4 Å². The number of rotatable bonds is 4. The monoisotopic (exact) mass is 296 g/mol. The predicted octanol–water partition coefficient (Wildman–Crippen LogP) is -1.69. The third-order valence-corrected chi connectivity index (χ3v) is 2.80.